The lowest BCUT2D eigenvalue weighted by atomic mass is 10.2. The first-order chi connectivity index (χ1) is 9.39. The number of benzene rings is 1. The molecule has 1 aromatic heterocycles. The number of rotatable bonds is 4. The van der Waals surface area contributed by atoms with Crippen LogP contribution in [0.2, 0.25) is 0 Å². The number of nitrogens with zero attached hydrogens (tertiary/aromatic N) is 2. The van der Waals surface area contributed by atoms with Gasteiger partial charge >= 0.3 is 6.18 Å². The maximum absolute atomic E-state index is 12.1. The summed E-state index contributed by atoms with van der Waals surface area (Å²) >= 11 is 0. The predicted octanol–water partition coefficient (Wildman–Crippen LogP) is 2.95. The number of aromatic hydroxyl groups is 1. The molecule has 0 radical (unpaired) electrons. The van der Waals surface area contributed by atoms with Gasteiger partial charge in [0, 0.05) is 12.0 Å². The molecule has 108 valence electrons. The Bertz CT molecular complexity index is 596. The molecule has 0 bridgehead atoms. The number of aromatic nitrogens is 2. The van der Waals surface area contributed by atoms with Crippen LogP contribution in [0, 0.1) is 0 Å². The monoisotopic (exact) mass is 288 g/mol. The molecule has 0 saturated carbocycles. The summed E-state index contributed by atoms with van der Waals surface area (Å²) < 4.78 is 46.1. The number of hydrogen-bond donors (Lipinski definition) is 1. The van der Waals surface area contributed by atoms with Gasteiger partial charge in [0.15, 0.2) is 17.3 Å². The number of phenols is 1. The Labute approximate surface area is 112 Å². The zero-order chi connectivity index (χ0) is 14.8. The molecule has 1 N–H and O–H groups in total. The fraction of sp³-hybridized carbons (Fsp3) is 0.333. The van der Waals surface area contributed by atoms with Gasteiger partial charge in [-0.3, -0.25) is 0 Å². The van der Waals surface area contributed by atoms with Crippen molar-refractivity contribution < 1.29 is 27.5 Å². The molecular weight excluding hydrogens is 277 g/mol. The summed E-state index contributed by atoms with van der Waals surface area (Å²) in [6.45, 7) is 0. The summed E-state index contributed by atoms with van der Waals surface area (Å²) in [5, 5.41) is 12.9. The van der Waals surface area contributed by atoms with Crippen molar-refractivity contribution in [1.82, 2.24) is 10.1 Å². The Morgan fingerprint density at radius 2 is 2.10 bits per heavy atom. The number of methoxy groups -OCH3 is 1. The number of phenolic OH excluding ortho intramolecular Hbond substituents is 1. The van der Waals surface area contributed by atoms with Gasteiger partial charge in [-0.2, -0.15) is 18.2 Å². The number of ether oxygens (including phenoxy) is 1. The summed E-state index contributed by atoms with van der Waals surface area (Å²) in [7, 11) is 1.38. The van der Waals surface area contributed by atoms with Gasteiger partial charge in [-0.1, -0.05) is 5.16 Å². The molecule has 2 rings (SSSR count). The molecule has 0 saturated heterocycles. The Kier molecular flexibility index (Phi) is 3.82. The molecular formula is C12H11F3N2O3. The van der Waals surface area contributed by atoms with E-state index in [4.69, 9.17) is 9.26 Å². The highest BCUT2D eigenvalue weighted by atomic mass is 19.4. The third-order valence-corrected chi connectivity index (χ3v) is 2.53. The lowest BCUT2D eigenvalue weighted by Crippen LogP contribution is -2.09. The Hall–Kier alpha value is -2.25. The van der Waals surface area contributed by atoms with Crippen LogP contribution in [0.1, 0.15) is 12.2 Å². The van der Waals surface area contributed by atoms with E-state index in [-0.39, 0.29) is 29.6 Å². The van der Waals surface area contributed by atoms with Gasteiger partial charge in [-0.15, -0.1) is 0 Å². The van der Waals surface area contributed by atoms with Crippen LogP contribution in [0.4, 0.5) is 13.2 Å². The second-order valence-corrected chi connectivity index (χ2v) is 4.02. The highest BCUT2D eigenvalue weighted by Gasteiger charge is 2.27. The topological polar surface area (TPSA) is 68.4 Å². The first kappa shape index (κ1) is 14.2. The average molecular weight is 288 g/mol. The second kappa shape index (κ2) is 5.40. The van der Waals surface area contributed by atoms with E-state index >= 15 is 0 Å². The van der Waals surface area contributed by atoms with Crippen molar-refractivity contribution >= 4 is 0 Å². The molecule has 0 spiro atoms. The SMILES string of the molecule is COc1cc(-c2nc(CCC(F)(F)F)no2)ccc1O. The van der Waals surface area contributed by atoms with Gasteiger partial charge < -0.3 is 14.4 Å². The maximum Gasteiger partial charge on any atom is 0.389 e. The minimum absolute atomic E-state index is 0.0237. The van der Waals surface area contributed by atoms with Crippen molar-refractivity contribution in [2.75, 3.05) is 7.11 Å². The van der Waals surface area contributed by atoms with Crippen molar-refractivity contribution in [2.45, 2.75) is 19.0 Å². The van der Waals surface area contributed by atoms with Crippen LogP contribution in [-0.2, 0) is 6.42 Å². The Balaban J connectivity index is 2.16. The van der Waals surface area contributed by atoms with Crippen LogP contribution in [0.3, 0.4) is 0 Å². The Morgan fingerprint density at radius 1 is 1.35 bits per heavy atom. The molecule has 0 atom stereocenters. The van der Waals surface area contributed by atoms with Crippen molar-refractivity contribution in [3.05, 3.63) is 24.0 Å². The van der Waals surface area contributed by atoms with Gasteiger partial charge in [0.25, 0.3) is 5.89 Å². The molecule has 0 aliphatic rings. The zero-order valence-electron chi connectivity index (χ0n) is 10.4. The average Bonchev–Trinajstić information content (AvgIpc) is 2.85. The number of alkyl halides is 3. The van der Waals surface area contributed by atoms with Crippen LogP contribution in [0.5, 0.6) is 11.5 Å². The van der Waals surface area contributed by atoms with Crippen LogP contribution >= 0.6 is 0 Å². The number of halogens is 3. The quantitative estimate of drug-likeness (QED) is 0.936. The summed E-state index contributed by atoms with van der Waals surface area (Å²) in [5.41, 5.74) is 0.449. The van der Waals surface area contributed by atoms with Crippen molar-refractivity contribution in [3.63, 3.8) is 0 Å². The van der Waals surface area contributed by atoms with Gasteiger partial charge in [-0.05, 0) is 18.2 Å². The standard InChI is InChI=1S/C12H11F3N2O3/c1-19-9-6-7(2-3-8(9)18)11-16-10(17-20-11)4-5-12(13,14)15/h2-3,6,18H,4-5H2,1H3. The first-order valence-corrected chi connectivity index (χ1v) is 5.66. The molecule has 0 aliphatic heterocycles. The van der Waals surface area contributed by atoms with Gasteiger partial charge in [0.2, 0.25) is 0 Å². The van der Waals surface area contributed by atoms with E-state index in [2.05, 4.69) is 10.1 Å². The van der Waals surface area contributed by atoms with Crippen LogP contribution < -0.4 is 4.74 Å². The van der Waals surface area contributed by atoms with Gasteiger partial charge in [0.1, 0.15) is 0 Å². The molecule has 2 aromatic rings. The molecule has 0 amide bonds. The van der Waals surface area contributed by atoms with Crippen LogP contribution in [-0.4, -0.2) is 28.5 Å². The third kappa shape index (κ3) is 3.40. The molecule has 0 unspecified atom stereocenters. The molecule has 5 nitrogen and oxygen atoms in total. The lowest BCUT2D eigenvalue weighted by Gasteiger charge is -2.03. The van der Waals surface area contributed by atoms with Gasteiger partial charge in [0.05, 0.1) is 13.5 Å². The van der Waals surface area contributed by atoms with E-state index in [1.807, 2.05) is 0 Å². The number of aryl methyl sites for hydroxylation is 1. The van der Waals surface area contributed by atoms with E-state index in [1.54, 1.807) is 0 Å². The molecule has 1 aromatic carbocycles. The first-order valence-electron chi connectivity index (χ1n) is 5.66. The van der Waals surface area contributed by atoms with Crippen molar-refractivity contribution in [2.24, 2.45) is 0 Å². The van der Waals surface area contributed by atoms with E-state index in [0.717, 1.165) is 0 Å². The Morgan fingerprint density at radius 3 is 2.75 bits per heavy atom. The van der Waals surface area contributed by atoms with Crippen molar-refractivity contribution in [3.8, 4) is 23.0 Å². The zero-order valence-corrected chi connectivity index (χ0v) is 10.4. The van der Waals surface area contributed by atoms with E-state index in [1.165, 1.54) is 25.3 Å². The summed E-state index contributed by atoms with van der Waals surface area (Å²) in [6, 6.07) is 4.32. The largest absolute Gasteiger partial charge is 0.504 e. The lowest BCUT2D eigenvalue weighted by molar-refractivity contribution is -0.134. The van der Waals surface area contributed by atoms with E-state index in [9.17, 15) is 18.3 Å². The van der Waals surface area contributed by atoms with Crippen LogP contribution in [0.25, 0.3) is 11.5 Å². The normalized spacial score (nSPS) is 11.6. The molecule has 0 aliphatic carbocycles. The fourth-order valence-electron chi connectivity index (χ4n) is 1.54. The smallest absolute Gasteiger partial charge is 0.389 e. The summed E-state index contributed by atoms with van der Waals surface area (Å²) in [6.07, 6.45) is -5.62. The summed E-state index contributed by atoms with van der Waals surface area (Å²) in [5.74, 6) is 0.190. The number of hydrogen-bond acceptors (Lipinski definition) is 5. The molecule has 1 heterocycles. The minimum Gasteiger partial charge on any atom is -0.504 e. The highest BCUT2D eigenvalue weighted by molar-refractivity contribution is 5.59. The van der Waals surface area contributed by atoms with E-state index < -0.39 is 12.6 Å². The molecule has 0 fully saturated rings. The second-order valence-electron chi connectivity index (χ2n) is 4.02. The summed E-state index contributed by atoms with van der Waals surface area (Å²) in [4.78, 5) is 3.87. The fourth-order valence-corrected chi connectivity index (χ4v) is 1.54. The van der Waals surface area contributed by atoms with E-state index in [0.29, 0.717) is 5.56 Å². The van der Waals surface area contributed by atoms with Crippen molar-refractivity contribution in [1.29, 1.82) is 0 Å². The highest BCUT2D eigenvalue weighted by Crippen LogP contribution is 2.31. The molecule has 20 heavy (non-hydrogen) atoms. The molecule has 8 heteroatoms. The maximum atomic E-state index is 12.1. The minimum atomic E-state index is -4.26. The predicted molar refractivity (Wildman–Crippen MR) is 62.3 cm³/mol. The van der Waals surface area contributed by atoms with Crippen LogP contribution in [0.15, 0.2) is 22.7 Å². The van der Waals surface area contributed by atoms with Gasteiger partial charge in [-0.25, -0.2) is 0 Å². The third-order valence-electron chi connectivity index (χ3n) is 2.53.